The summed E-state index contributed by atoms with van der Waals surface area (Å²) in [5.41, 5.74) is 1.49. The van der Waals surface area contributed by atoms with Crippen LogP contribution in [0.2, 0.25) is 0 Å². The van der Waals surface area contributed by atoms with Gasteiger partial charge in [-0.3, -0.25) is 0 Å². The largest absolute Gasteiger partial charge is 0.313 e. The number of hydrogen-bond acceptors (Lipinski definition) is 1. The van der Waals surface area contributed by atoms with Crippen LogP contribution in [0, 0.1) is 5.92 Å². The lowest BCUT2D eigenvalue weighted by atomic mass is 9.82. The number of rotatable bonds is 7. The molecule has 0 saturated heterocycles. The van der Waals surface area contributed by atoms with Crippen molar-refractivity contribution in [1.82, 2.24) is 5.32 Å². The number of halogens is 1. The molecule has 1 fully saturated rings. The SMILES string of the molecule is CCC(CC)C(CNC1CC1)c1ccc(Br)cc1. The van der Waals surface area contributed by atoms with Crippen LogP contribution >= 0.6 is 15.9 Å². The lowest BCUT2D eigenvalue weighted by Gasteiger charge is -2.26. The van der Waals surface area contributed by atoms with Gasteiger partial charge < -0.3 is 5.32 Å². The summed E-state index contributed by atoms with van der Waals surface area (Å²) in [5, 5.41) is 3.71. The van der Waals surface area contributed by atoms with Crippen LogP contribution in [0.15, 0.2) is 28.7 Å². The molecular weight excluding hydrogens is 286 g/mol. The molecule has 0 radical (unpaired) electrons. The van der Waals surface area contributed by atoms with Crippen LogP contribution in [0.3, 0.4) is 0 Å². The fourth-order valence-corrected chi connectivity index (χ4v) is 2.97. The average molecular weight is 310 g/mol. The topological polar surface area (TPSA) is 12.0 Å². The summed E-state index contributed by atoms with van der Waals surface area (Å²) in [6.07, 6.45) is 5.28. The summed E-state index contributed by atoms with van der Waals surface area (Å²) in [4.78, 5) is 0. The second-order valence-electron chi connectivity index (χ2n) is 5.42. The summed E-state index contributed by atoms with van der Waals surface area (Å²) in [6, 6.07) is 9.70. The van der Waals surface area contributed by atoms with Crippen LogP contribution in [-0.2, 0) is 0 Å². The third-order valence-electron chi connectivity index (χ3n) is 4.12. The van der Waals surface area contributed by atoms with Gasteiger partial charge in [-0.2, -0.15) is 0 Å². The lowest BCUT2D eigenvalue weighted by Crippen LogP contribution is -2.28. The first-order valence-corrected chi connectivity index (χ1v) is 8.02. The summed E-state index contributed by atoms with van der Waals surface area (Å²) < 4.78 is 1.17. The molecule has 18 heavy (non-hydrogen) atoms. The molecule has 1 saturated carbocycles. The summed E-state index contributed by atoms with van der Waals surface area (Å²) >= 11 is 3.52. The van der Waals surface area contributed by atoms with E-state index in [0.29, 0.717) is 5.92 Å². The fraction of sp³-hybridized carbons (Fsp3) is 0.625. The molecule has 0 aliphatic heterocycles. The third kappa shape index (κ3) is 3.83. The van der Waals surface area contributed by atoms with Crippen molar-refractivity contribution in [3.63, 3.8) is 0 Å². The van der Waals surface area contributed by atoms with Crippen molar-refractivity contribution in [3.8, 4) is 0 Å². The summed E-state index contributed by atoms with van der Waals surface area (Å²) in [6.45, 7) is 5.77. The Bertz CT molecular complexity index is 352. The third-order valence-corrected chi connectivity index (χ3v) is 4.65. The molecule has 2 rings (SSSR count). The molecule has 1 aromatic rings. The molecule has 0 aromatic heterocycles. The molecule has 1 aromatic carbocycles. The van der Waals surface area contributed by atoms with Crippen LogP contribution < -0.4 is 5.32 Å². The molecule has 1 N–H and O–H groups in total. The maximum atomic E-state index is 3.71. The molecule has 1 nitrogen and oxygen atoms in total. The molecule has 0 spiro atoms. The van der Waals surface area contributed by atoms with E-state index in [1.165, 1.54) is 35.7 Å². The van der Waals surface area contributed by atoms with Crippen molar-refractivity contribution in [3.05, 3.63) is 34.3 Å². The monoisotopic (exact) mass is 309 g/mol. The van der Waals surface area contributed by atoms with E-state index in [1.54, 1.807) is 0 Å². The van der Waals surface area contributed by atoms with Crippen LogP contribution in [0.25, 0.3) is 0 Å². The highest BCUT2D eigenvalue weighted by molar-refractivity contribution is 9.10. The number of hydrogen-bond donors (Lipinski definition) is 1. The summed E-state index contributed by atoms with van der Waals surface area (Å²) in [7, 11) is 0. The van der Waals surface area contributed by atoms with Gasteiger partial charge in [0, 0.05) is 17.1 Å². The highest BCUT2D eigenvalue weighted by Gasteiger charge is 2.25. The van der Waals surface area contributed by atoms with Gasteiger partial charge in [0.05, 0.1) is 0 Å². The molecule has 1 aliphatic carbocycles. The molecule has 0 amide bonds. The van der Waals surface area contributed by atoms with E-state index in [4.69, 9.17) is 0 Å². The van der Waals surface area contributed by atoms with Gasteiger partial charge in [-0.1, -0.05) is 54.8 Å². The van der Waals surface area contributed by atoms with E-state index in [2.05, 4.69) is 59.4 Å². The summed E-state index contributed by atoms with van der Waals surface area (Å²) in [5.74, 6) is 1.45. The van der Waals surface area contributed by atoms with Crippen molar-refractivity contribution < 1.29 is 0 Å². The minimum atomic E-state index is 0.661. The van der Waals surface area contributed by atoms with Crippen LogP contribution in [0.1, 0.15) is 51.0 Å². The predicted molar refractivity (Wildman–Crippen MR) is 82.0 cm³/mol. The van der Waals surface area contributed by atoms with Gasteiger partial charge in [-0.05, 0) is 42.4 Å². The molecule has 2 heteroatoms. The van der Waals surface area contributed by atoms with E-state index in [-0.39, 0.29) is 0 Å². The Labute approximate surface area is 119 Å². The van der Waals surface area contributed by atoms with E-state index >= 15 is 0 Å². The molecule has 0 heterocycles. The first-order valence-electron chi connectivity index (χ1n) is 7.23. The predicted octanol–water partition coefficient (Wildman–Crippen LogP) is 4.72. The van der Waals surface area contributed by atoms with E-state index < -0.39 is 0 Å². The van der Waals surface area contributed by atoms with Crippen LogP contribution in [-0.4, -0.2) is 12.6 Å². The minimum absolute atomic E-state index is 0.661. The highest BCUT2D eigenvalue weighted by Crippen LogP contribution is 2.31. The first-order chi connectivity index (χ1) is 8.74. The van der Waals surface area contributed by atoms with Crippen LogP contribution in [0.5, 0.6) is 0 Å². The Hall–Kier alpha value is -0.340. The Morgan fingerprint density at radius 3 is 2.28 bits per heavy atom. The molecule has 100 valence electrons. The van der Waals surface area contributed by atoms with Crippen molar-refractivity contribution in [2.24, 2.45) is 5.92 Å². The van der Waals surface area contributed by atoms with Crippen molar-refractivity contribution >= 4 is 15.9 Å². The maximum Gasteiger partial charge on any atom is 0.0175 e. The van der Waals surface area contributed by atoms with Gasteiger partial charge in [-0.15, -0.1) is 0 Å². The van der Waals surface area contributed by atoms with E-state index in [9.17, 15) is 0 Å². The van der Waals surface area contributed by atoms with E-state index in [0.717, 1.165) is 18.5 Å². The second kappa shape index (κ2) is 6.72. The standard InChI is InChI=1S/C16H24BrN/c1-3-12(4-2)16(11-18-15-9-10-15)13-5-7-14(17)8-6-13/h5-8,12,15-16,18H,3-4,9-11H2,1-2H3. The fourth-order valence-electron chi connectivity index (χ4n) is 2.71. The quantitative estimate of drug-likeness (QED) is 0.768. The Kier molecular flexibility index (Phi) is 5.25. The van der Waals surface area contributed by atoms with E-state index in [1.807, 2.05) is 0 Å². The normalized spacial score (nSPS) is 17.1. The molecular formula is C16H24BrN. The Balaban J connectivity index is 2.08. The molecule has 0 bridgehead atoms. The van der Waals surface area contributed by atoms with Crippen molar-refractivity contribution in [2.45, 2.75) is 51.5 Å². The zero-order valence-corrected chi connectivity index (χ0v) is 13.0. The Morgan fingerprint density at radius 2 is 1.78 bits per heavy atom. The zero-order valence-electron chi connectivity index (χ0n) is 11.5. The van der Waals surface area contributed by atoms with Gasteiger partial charge in [0.25, 0.3) is 0 Å². The number of benzene rings is 1. The first kappa shape index (κ1) is 14.1. The molecule has 1 atom stereocenters. The molecule has 1 unspecified atom stereocenters. The lowest BCUT2D eigenvalue weighted by molar-refractivity contribution is 0.379. The van der Waals surface area contributed by atoms with Crippen LogP contribution in [0.4, 0.5) is 0 Å². The van der Waals surface area contributed by atoms with Gasteiger partial charge in [0.1, 0.15) is 0 Å². The van der Waals surface area contributed by atoms with Gasteiger partial charge >= 0.3 is 0 Å². The Morgan fingerprint density at radius 1 is 1.17 bits per heavy atom. The van der Waals surface area contributed by atoms with Gasteiger partial charge in [0.2, 0.25) is 0 Å². The zero-order chi connectivity index (χ0) is 13.0. The van der Waals surface area contributed by atoms with Gasteiger partial charge in [-0.25, -0.2) is 0 Å². The van der Waals surface area contributed by atoms with Crippen molar-refractivity contribution in [1.29, 1.82) is 0 Å². The van der Waals surface area contributed by atoms with Crippen molar-refractivity contribution in [2.75, 3.05) is 6.54 Å². The smallest absolute Gasteiger partial charge is 0.0175 e. The minimum Gasteiger partial charge on any atom is -0.313 e. The average Bonchev–Trinajstić information content (AvgIpc) is 3.20. The molecule has 1 aliphatic rings. The number of nitrogens with one attached hydrogen (secondary N) is 1. The highest BCUT2D eigenvalue weighted by atomic mass is 79.9. The van der Waals surface area contributed by atoms with Gasteiger partial charge in [0.15, 0.2) is 0 Å². The second-order valence-corrected chi connectivity index (χ2v) is 6.33. The maximum absolute atomic E-state index is 3.71.